The van der Waals surface area contributed by atoms with Gasteiger partial charge in [-0.1, -0.05) is 0 Å². The van der Waals surface area contributed by atoms with Gasteiger partial charge in [-0.2, -0.15) is 0 Å². The molecule has 130 valence electrons. The average Bonchev–Trinajstić information content (AvgIpc) is 3.40. The first-order valence-corrected chi connectivity index (χ1v) is 7.80. The van der Waals surface area contributed by atoms with Gasteiger partial charge in [0.25, 0.3) is 0 Å². The molecule has 24 heavy (non-hydrogen) atoms. The van der Waals surface area contributed by atoms with Crippen LogP contribution in [-0.4, -0.2) is 45.2 Å². The van der Waals surface area contributed by atoms with Gasteiger partial charge in [-0.15, -0.1) is 0 Å². The lowest BCUT2D eigenvalue weighted by molar-refractivity contribution is -0.134. The average molecular weight is 334 g/mol. The molecule has 7 nitrogen and oxygen atoms in total. The number of rotatable bonds is 8. The van der Waals surface area contributed by atoms with Gasteiger partial charge in [-0.05, 0) is 43.5 Å². The first kappa shape index (κ1) is 17.9. The van der Waals surface area contributed by atoms with Crippen LogP contribution in [0.2, 0.25) is 0 Å². The Hall–Kier alpha value is -2.41. The third-order valence-electron chi connectivity index (χ3n) is 3.99. The molecule has 0 saturated heterocycles. The molecule has 7 heteroatoms. The van der Waals surface area contributed by atoms with Gasteiger partial charge in [0.05, 0.1) is 12.7 Å². The summed E-state index contributed by atoms with van der Waals surface area (Å²) in [6.45, 7) is 1.04. The standard InChI is InChI=1S/C17H22N2O5/c1-23-11-3-10-18-15(21)17(8-9-17)16(22)19-13-6-4-12(5-7-13)14(20)24-2/h4-7H,3,8-11H2,1-2H3,(H,18,21)(H,19,22). The SMILES string of the molecule is COCCCNC(=O)C1(C(=O)Nc2ccc(C(=O)OC)cc2)CC1. The number of carbonyl (C=O) groups is 3. The molecule has 0 atom stereocenters. The van der Waals surface area contributed by atoms with E-state index in [4.69, 9.17) is 4.74 Å². The number of amides is 2. The van der Waals surface area contributed by atoms with Gasteiger partial charge < -0.3 is 20.1 Å². The number of anilines is 1. The van der Waals surface area contributed by atoms with Crippen molar-refractivity contribution in [1.29, 1.82) is 0 Å². The Balaban J connectivity index is 1.91. The fraction of sp³-hybridized carbons (Fsp3) is 0.471. The zero-order chi connectivity index (χ0) is 17.6. The Morgan fingerprint density at radius 1 is 1.08 bits per heavy atom. The molecular formula is C17H22N2O5. The third kappa shape index (κ3) is 4.11. The molecule has 1 fully saturated rings. The molecule has 0 aromatic heterocycles. The highest BCUT2D eigenvalue weighted by atomic mass is 16.5. The first-order valence-electron chi connectivity index (χ1n) is 7.80. The lowest BCUT2D eigenvalue weighted by Crippen LogP contribution is -2.40. The van der Waals surface area contributed by atoms with Crippen molar-refractivity contribution in [3.63, 3.8) is 0 Å². The summed E-state index contributed by atoms with van der Waals surface area (Å²) in [5, 5.41) is 5.51. The van der Waals surface area contributed by atoms with Crippen LogP contribution in [0.3, 0.4) is 0 Å². The molecule has 0 heterocycles. The topological polar surface area (TPSA) is 93.7 Å². The minimum Gasteiger partial charge on any atom is -0.465 e. The van der Waals surface area contributed by atoms with E-state index in [1.165, 1.54) is 7.11 Å². The minimum atomic E-state index is -0.978. The molecule has 0 radical (unpaired) electrons. The minimum absolute atomic E-state index is 0.248. The monoisotopic (exact) mass is 334 g/mol. The maximum atomic E-state index is 12.4. The predicted molar refractivity (Wildman–Crippen MR) is 87.6 cm³/mol. The van der Waals surface area contributed by atoms with E-state index >= 15 is 0 Å². The Kier molecular flexibility index (Phi) is 5.92. The van der Waals surface area contributed by atoms with Crippen molar-refractivity contribution in [2.45, 2.75) is 19.3 Å². The van der Waals surface area contributed by atoms with Crippen molar-refractivity contribution in [2.24, 2.45) is 5.41 Å². The van der Waals surface area contributed by atoms with Crippen LogP contribution in [0.15, 0.2) is 24.3 Å². The molecule has 2 N–H and O–H groups in total. The fourth-order valence-corrected chi connectivity index (χ4v) is 2.33. The van der Waals surface area contributed by atoms with Crippen molar-refractivity contribution in [1.82, 2.24) is 5.32 Å². The maximum absolute atomic E-state index is 12.4. The second kappa shape index (κ2) is 7.92. The largest absolute Gasteiger partial charge is 0.465 e. The quantitative estimate of drug-likeness (QED) is 0.425. The summed E-state index contributed by atoms with van der Waals surface area (Å²) in [5.74, 6) is -1.01. The van der Waals surface area contributed by atoms with Crippen LogP contribution >= 0.6 is 0 Å². The molecule has 0 bridgehead atoms. The second-order valence-corrected chi connectivity index (χ2v) is 5.71. The van der Waals surface area contributed by atoms with E-state index in [1.807, 2.05) is 0 Å². The van der Waals surface area contributed by atoms with E-state index in [-0.39, 0.29) is 11.8 Å². The Morgan fingerprint density at radius 2 is 1.75 bits per heavy atom. The van der Waals surface area contributed by atoms with Gasteiger partial charge >= 0.3 is 5.97 Å². The molecule has 1 aliphatic rings. The van der Waals surface area contributed by atoms with Crippen molar-refractivity contribution < 1.29 is 23.9 Å². The van der Waals surface area contributed by atoms with Crippen molar-refractivity contribution in [2.75, 3.05) is 32.7 Å². The summed E-state index contributed by atoms with van der Waals surface area (Å²) < 4.78 is 9.54. The van der Waals surface area contributed by atoms with Crippen molar-refractivity contribution >= 4 is 23.5 Å². The van der Waals surface area contributed by atoms with Crippen molar-refractivity contribution in [3.8, 4) is 0 Å². The summed E-state index contributed by atoms with van der Waals surface area (Å²) >= 11 is 0. The normalized spacial score (nSPS) is 14.6. The van der Waals surface area contributed by atoms with Crippen LogP contribution in [0.4, 0.5) is 5.69 Å². The maximum Gasteiger partial charge on any atom is 0.337 e. The highest BCUT2D eigenvalue weighted by Gasteiger charge is 2.56. The van der Waals surface area contributed by atoms with E-state index < -0.39 is 11.4 Å². The molecule has 2 rings (SSSR count). The summed E-state index contributed by atoms with van der Waals surface area (Å²) in [7, 11) is 2.91. The van der Waals surface area contributed by atoms with Crippen LogP contribution in [0.5, 0.6) is 0 Å². The lowest BCUT2D eigenvalue weighted by atomic mass is 10.0. The smallest absolute Gasteiger partial charge is 0.337 e. The molecular weight excluding hydrogens is 312 g/mol. The first-order chi connectivity index (χ1) is 11.5. The highest BCUT2D eigenvalue weighted by molar-refractivity contribution is 6.13. The van der Waals surface area contributed by atoms with E-state index in [2.05, 4.69) is 15.4 Å². The number of nitrogens with one attached hydrogen (secondary N) is 2. The zero-order valence-electron chi connectivity index (χ0n) is 13.9. The molecule has 1 aromatic rings. The fourth-order valence-electron chi connectivity index (χ4n) is 2.33. The van der Waals surface area contributed by atoms with Gasteiger partial charge in [0.2, 0.25) is 11.8 Å². The predicted octanol–water partition coefficient (Wildman–Crippen LogP) is 1.34. The molecule has 0 aliphatic heterocycles. The summed E-state index contributed by atoms with van der Waals surface area (Å²) in [4.78, 5) is 36.0. The van der Waals surface area contributed by atoms with Crippen molar-refractivity contribution in [3.05, 3.63) is 29.8 Å². The number of ether oxygens (including phenoxy) is 2. The highest BCUT2D eigenvalue weighted by Crippen LogP contribution is 2.46. The Bertz CT molecular complexity index is 608. The third-order valence-corrected chi connectivity index (χ3v) is 3.99. The molecule has 1 saturated carbocycles. The number of methoxy groups -OCH3 is 2. The molecule has 0 spiro atoms. The number of hydrogen-bond acceptors (Lipinski definition) is 5. The van der Waals surface area contributed by atoms with E-state index in [0.717, 1.165) is 0 Å². The molecule has 0 unspecified atom stereocenters. The molecule has 2 amide bonds. The summed E-state index contributed by atoms with van der Waals surface area (Å²) in [5.41, 5.74) is -0.0488. The Morgan fingerprint density at radius 3 is 2.29 bits per heavy atom. The van der Waals surface area contributed by atoms with Gasteiger partial charge in [0.15, 0.2) is 0 Å². The van der Waals surface area contributed by atoms with Crippen LogP contribution in [0, 0.1) is 5.41 Å². The van der Waals surface area contributed by atoms with Gasteiger partial charge in [0, 0.05) is 25.9 Å². The second-order valence-electron chi connectivity index (χ2n) is 5.71. The number of hydrogen-bond donors (Lipinski definition) is 2. The number of esters is 1. The van der Waals surface area contributed by atoms with Crippen LogP contribution < -0.4 is 10.6 Å². The van der Waals surface area contributed by atoms with Crippen LogP contribution in [0.1, 0.15) is 29.6 Å². The van der Waals surface area contributed by atoms with E-state index in [1.54, 1.807) is 31.4 Å². The van der Waals surface area contributed by atoms with E-state index in [0.29, 0.717) is 43.7 Å². The summed E-state index contributed by atoms with van der Waals surface area (Å²) in [6.07, 6.45) is 1.78. The molecule has 1 aliphatic carbocycles. The van der Waals surface area contributed by atoms with Crippen LogP contribution in [-0.2, 0) is 19.1 Å². The zero-order valence-corrected chi connectivity index (χ0v) is 13.9. The van der Waals surface area contributed by atoms with Crippen LogP contribution in [0.25, 0.3) is 0 Å². The number of benzene rings is 1. The van der Waals surface area contributed by atoms with E-state index in [9.17, 15) is 14.4 Å². The lowest BCUT2D eigenvalue weighted by Gasteiger charge is -2.15. The number of carbonyl (C=O) groups excluding carboxylic acids is 3. The Labute approximate surface area is 140 Å². The van der Waals surface area contributed by atoms with Gasteiger partial charge in [-0.25, -0.2) is 4.79 Å². The van der Waals surface area contributed by atoms with Gasteiger partial charge in [0.1, 0.15) is 5.41 Å². The summed E-state index contributed by atoms with van der Waals surface area (Å²) in [6, 6.07) is 6.34. The van der Waals surface area contributed by atoms with Gasteiger partial charge in [-0.3, -0.25) is 9.59 Å². The molecule has 1 aromatic carbocycles.